The van der Waals surface area contributed by atoms with Gasteiger partial charge in [0.15, 0.2) is 0 Å². The van der Waals surface area contributed by atoms with Crippen LogP contribution >= 0.6 is 0 Å². The Hall–Kier alpha value is -3.31. The summed E-state index contributed by atoms with van der Waals surface area (Å²) in [5, 5.41) is 19.3. The predicted octanol–water partition coefficient (Wildman–Crippen LogP) is 5.34. The number of hydrogen-bond acceptors (Lipinski definition) is 4. The van der Waals surface area contributed by atoms with E-state index in [0.29, 0.717) is 23.8 Å². The maximum atomic E-state index is 11.1. The third-order valence-corrected chi connectivity index (χ3v) is 5.98. The van der Waals surface area contributed by atoms with Gasteiger partial charge in [-0.3, -0.25) is 4.79 Å². The summed E-state index contributed by atoms with van der Waals surface area (Å²) in [6, 6.07) is 25.4. The van der Waals surface area contributed by atoms with Crippen LogP contribution in [0.3, 0.4) is 0 Å². The first-order valence-electron chi connectivity index (χ1n) is 11.0. The molecule has 1 aliphatic carbocycles. The molecule has 3 aromatic rings. The molecule has 166 valence electrons. The third kappa shape index (κ3) is 5.29. The van der Waals surface area contributed by atoms with Gasteiger partial charge in [-0.25, -0.2) is 0 Å². The SMILES string of the molecule is C[C@H](C(=O)O)[C@@H](O)c1cccc(OCC2CC(Oc3cccc(-c4ccccc4)c3)C2)c1. The Kier molecular flexibility index (Phi) is 6.76. The van der Waals surface area contributed by atoms with Crippen molar-refractivity contribution in [2.45, 2.75) is 32.0 Å². The topological polar surface area (TPSA) is 76.0 Å². The van der Waals surface area contributed by atoms with Gasteiger partial charge >= 0.3 is 5.97 Å². The second-order valence-corrected chi connectivity index (χ2v) is 8.43. The summed E-state index contributed by atoms with van der Waals surface area (Å²) in [7, 11) is 0. The normalized spacial score (nSPS) is 19.4. The van der Waals surface area contributed by atoms with Crippen LogP contribution in [0.25, 0.3) is 11.1 Å². The molecule has 0 aromatic heterocycles. The summed E-state index contributed by atoms with van der Waals surface area (Å²) in [4.78, 5) is 11.1. The first-order chi connectivity index (χ1) is 15.5. The average Bonchev–Trinajstić information content (AvgIpc) is 2.80. The van der Waals surface area contributed by atoms with E-state index in [1.165, 1.54) is 12.5 Å². The molecule has 0 aliphatic heterocycles. The fraction of sp³-hybridized carbons (Fsp3) is 0.296. The summed E-state index contributed by atoms with van der Waals surface area (Å²) in [5.74, 6) is 0.0154. The van der Waals surface area contributed by atoms with Crippen LogP contribution in [0.2, 0.25) is 0 Å². The number of carboxylic acids is 1. The Bertz CT molecular complexity index is 1040. The van der Waals surface area contributed by atoms with Crippen molar-refractivity contribution in [3.05, 3.63) is 84.4 Å². The summed E-state index contributed by atoms with van der Waals surface area (Å²) >= 11 is 0. The second-order valence-electron chi connectivity index (χ2n) is 8.43. The molecule has 2 atom stereocenters. The summed E-state index contributed by atoms with van der Waals surface area (Å²) in [5.41, 5.74) is 2.86. The van der Waals surface area contributed by atoms with E-state index in [2.05, 4.69) is 24.3 Å². The predicted molar refractivity (Wildman–Crippen MR) is 123 cm³/mol. The molecule has 2 N–H and O–H groups in total. The van der Waals surface area contributed by atoms with Gasteiger partial charge in [0.2, 0.25) is 0 Å². The van der Waals surface area contributed by atoms with E-state index in [4.69, 9.17) is 14.6 Å². The number of aliphatic hydroxyl groups is 1. The fourth-order valence-electron chi connectivity index (χ4n) is 3.90. The van der Waals surface area contributed by atoms with E-state index < -0.39 is 18.0 Å². The molecule has 5 heteroatoms. The van der Waals surface area contributed by atoms with Crippen molar-refractivity contribution >= 4 is 5.97 Å². The van der Waals surface area contributed by atoms with Crippen LogP contribution in [0.15, 0.2) is 78.9 Å². The standard InChI is InChI=1S/C27H28O5/c1-18(27(29)30)26(28)22-10-6-11-23(16-22)31-17-19-13-25(14-19)32-24-12-5-9-21(15-24)20-7-3-2-4-8-20/h2-12,15-16,18-19,25-26,28H,13-14,17H2,1H3,(H,29,30)/t18-,19?,25?,26+/m0/s1. The third-order valence-electron chi connectivity index (χ3n) is 5.98. The van der Waals surface area contributed by atoms with Gasteiger partial charge in [0, 0.05) is 0 Å². The largest absolute Gasteiger partial charge is 0.493 e. The molecule has 0 spiro atoms. The van der Waals surface area contributed by atoms with Crippen LogP contribution in [0, 0.1) is 11.8 Å². The second kappa shape index (κ2) is 9.88. The number of hydrogen-bond donors (Lipinski definition) is 2. The zero-order valence-corrected chi connectivity index (χ0v) is 18.1. The number of carbonyl (C=O) groups is 1. The van der Waals surface area contributed by atoms with Crippen molar-refractivity contribution in [1.82, 2.24) is 0 Å². The molecule has 1 aliphatic rings. The molecular weight excluding hydrogens is 404 g/mol. The molecule has 0 radical (unpaired) electrons. The Morgan fingerprint density at radius 2 is 1.62 bits per heavy atom. The molecule has 1 fully saturated rings. The van der Waals surface area contributed by atoms with E-state index in [1.807, 2.05) is 36.4 Å². The molecule has 1 saturated carbocycles. The molecule has 32 heavy (non-hydrogen) atoms. The molecule has 4 rings (SSSR count). The van der Waals surface area contributed by atoms with E-state index in [9.17, 15) is 9.90 Å². The van der Waals surface area contributed by atoms with Crippen LogP contribution in [0.1, 0.15) is 31.4 Å². The van der Waals surface area contributed by atoms with Crippen LogP contribution in [0.5, 0.6) is 11.5 Å². The van der Waals surface area contributed by atoms with Crippen LogP contribution in [-0.4, -0.2) is 28.9 Å². The van der Waals surface area contributed by atoms with Gasteiger partial charge in [-0.15, -0.1) is 0 Å². The Balaban J connectivity index is 1.26. The Labute approximate surface area is 188 Å². The number of carboxylic acid groups (broad SMARTS) is 1. The van der Waals surface area contributed by atoms with E-state index in [-0.39, 0.29) is 6.10 Å². The van der Waals surface area contributed by atoms with Gasteiger partial charge in [0.25, 0.3) is 0 Å². The number of rotatable bonds is 9. The van der Waals surface area contributed by atoms with Crippen LogP contribution in [-0.2, 0) is 4.79 Å². The van der Waals surface area contributed by atoms with Gasteiger partial charge in [-0.05, 0) is 66.6 Å². The highest BCUT2D eigenvalue weighted by Gasteiger charge is 2.31. The number of ether oxygens (including phenoxy) is 2. The molecule has 0 amide bonds. The zero-order chi connectivity index (χ0) is 22.5. The lowest BCUT2D eigenvalue weighted by molar-refractivity contribution is -0.145. The van der Waals surface area contributed by atoms with Gasteiger partial charge in [0.1, 0.15) is 11.5 Å². The number of aliphatic carboxylic acids is 1. The van der Waals surface area contributed by atoms with Gasteiger partial charge < -0.3 is 19.7 Å². The minimum absolute atomic E-state index is 0.180. The van der Waals surface area contributed by atoms with Crippen molar-refractivity contribution < 1.29 is 24.5 Å². The molecular formula is C27H28O5. The highest BCUT2D eigenvalue weighted by molar-refractivity contribution is 5.70. The lowest BCUT2D eigenvalue weighted by Crippen LogP contribution is -2.37. The monoisotopic (exact) mass is 432 g/mol. The molecule has 0 bridgehead atoms. The van der Waals surface area contributed by atoms with Gasteiger partial charge in [-0.1, -0.05) is 54.6 Å². The lowest BCUT2D eigenvalue weighted by atomic mass is 9.83. The summed E-state index contributed by atoms with van der Waals surface area (Å²) in [6.07, 6.45) is 0.963. The first kappa shape index (κ1) is 21.9. The van der Waals surface area contributed by atoms with Crippen molar-refractivity contribution in [3.8, 4) is 22.6 Å². The van der Waals surface area contributed by atoms with Crippen LogP contribution < -0.4 is 9.47 Å². The quantitative estimate of drug-likeness (QED) is 0.477. The first-order valence-corrected chi connectivity index (χ1v) is 11.0. The molecule has 0 saturated heterocycles. The van der Waals surface area contributed by atoms with Crippen molar-refractivity contribution in [3.63, 3.8) is 0 Å². The highest BCUT2D eigenvalue weighted by Crippen LogP contribution is 2.34. The van der Waals surface area contributed by atoms with E-state index in [1.54, 1.807) is 18.2 Å². The number of aliphatic hydroxyl groups excluding tert-OH is 1. The van der Waals surface area contributed by atoms with Crippen molar-refractivity contribution in [2.24, 2.45) is 11.8 Å². The maximum Gasteiger partial charge on any atom is 0.309 e. The van der Waals surface area contributed by atoms with Gasteiger partial charge in [0.05, 0.1) is 24.7 Å². The van der Waals surface area contributed by atoms with Crippen molar-refractivity contribution in [1.29, 1.82) is 0 Å². The summed E-state index contributed by atoms with van der Waals surface area (Å²) < 4.78 is 12.1. The fourth-order valence-corrected chi connectivity index (χ4v) is 3.90. The molecule has 0 heterocycles. The minimum Gasteiger partial charge on any atom is -0.493 e. The van der Waals surface area contributed by atoms with Gasteiger partial charge in [-0.2, -0.15) is 0 Å². The molecule has 5 nitrogen and oxygen atoms in total. The van der Waals surface area contributed by atoms with E-state index in [0.717, 1.165) is 24.2 Å². The smallest absolute Gasteiger partial charge is 0.309 e. The Morgan fingerprint density at radius 1 is 0.938 bits per heavy atom. The maximum absolute atomic E-state index is 11.1. The zero-order valence-electron chi connectivity index (χ0n) is 18.1. The molecule has 0 unspecified atom stereocenters. The summed E-state index contributed by atoms with van der Waals surface area (Å²) in [6.45, 7) is 2.06. The van der Waals surface area contributed by atoms with E-state index >= 15 is 0 Å². The highest BCUT2D eigenvalue weighted by atomic mass is 16.5. The average molecular weight is 433 g/mol. The van der Waals surface area contributed by atoms with Crippen LogP contribution in [0.4, 0.5) is 0 Å². The minimum atomic E-state index is -1.07. The lowest BCUT2D eigenvalue weighted by Gasteiger charge is -2.35. The number of benzene rings is 3. The Morgan fingerprint density at radius 3 is 2.38 bits per heavy atom. The van der Waals surface area contributed by atoms with Crippen molar-refractivity contribution in [2.75, 3.05) is 6.61 Å². The molecule has 3 aromatic carbocycles.